The molecule has 0 aliphatic heterocycles. The molecule has 30 heavy (non-hydrogen) atoms. The molecule has 1 aromatic carbocycles. The number of hydrogen-bond donors (Lipinski definition) is 3. The van der Waals surface area contributed by atoms with Gasteiger partial charge in [-0.15, -0.1) is 0 Å². The number of carbonyl (C=O) groups excluding carboxylic acids is 1. The summed E-state index contributed by atoms with van der Waals surface area (Å²) in [5.41, 5.74) is 3.30. The van der Waals surface area contributed by atoms with Crippen LogP contribution in [0.25, 0.3) is 11.0 Å². The number of aryl methyl sites for hydroxylation is 1. The molecule has 10 heteroatoms. The Labute approximate surface area is 174 Å². The molecule has 1 aliphatic carbocycles. The SMILES string of the molecule is CCOC(=O)C1CCc2[nH]c3ncnc(Nc4cccc(S(=O)(=O)NC)c4)c3c2C1. The predicted molar refractivity (Wildman–Crippen MR) is 112 cm³/mol. The zero-order chi connectivity index (χ0) is 21.3. The maximum Gasteiger partial charge on any atom is 0.309 e. The zero-order valence-corrected chi connectivity index (χ0v) is 17.5. The molecule has 0 saturated heterocycles. The van der Waals surface area contributed by atoms with Crippen LogP contribution < -0.4 is 10.0 Å². The van der Waals surface area contributed by atoms with E-state index < -0.39 is 10.0 Å². The van der Waals surface area contributed by atoms with Gasteiger partial charge in [0, 0.05) is 11.4 Å². The molecule has 0 radical (unpaired) electrons. The highest BCUT2D eigenvalue weighted by Crippen LogP contribution is 2.35. The molecule has 4 rings (SSSR count). The molecule has 0 fully saturated rings. The third-order valence-corrected chi connectivity index (χ3v) is 6.68. The summed E-state index contributed by atoms with van der Waals surface area (Å²) in [6, 6.07) is 6.49. The third kappa shape index (κ3) is 3.75. The summed E-state index contributed by atoms with van der Waals surface area (Å²) in [5.74, 6) is 0.170. The highest BCUT2D eigenvalue weighted by molar-refractivity contribution is 7.89. The Morgan fingerprint density at radius 1 is 1.33 bits per heavy atom. The molecule has 0 bridgehead atoms. The first-order valence-corrected chi connectivity index (χ1v) is 11.2. The quantitative estimate of drug-likeness (QED) is 0.513. The number of ether oxygens (including phenoxy) is 1. The Morgan fingerprint density at radius 2 is 2.17 bits per heavy atom. The fourth-order valence-corrected chi connectivity index (χ4v) is 4.57. The summed E-state index contributed by atoms with van der Waals surface area (Å²) < 4.78 is 31.7. The number of carbonyl (C=O) groups is 1. The van der Waals surface area contributed by atoms with Gasteiger partial charge in [0.1, 0.15) is 17.8 Å². The molecule has 1 unspecified atom stereocenters. The number of hydrogen-bond acceptors (Lipinski definition) is 7. The number of nitrogens with one attached hydrogen (secondary N) is 3. The number of H-pyrrole nitrogens is 1. The maximum absolute atomic E-state index is 12.3. The summed E-state index contributed by atoms with van der Waals surface area (Å²) in [4.78, 5) is 24.5. The molecular formula is C20H23N5O4S. The van der Waals surface area contributed by atoms with Crippen molar-refractivity contribution in [1.29, 1.82) is 0 Å². The van der Waals surface area contributed by atoms with E-state index in [1.54, 1.807) is 25.1 Å². The Hall–Kier alpha value is -2.98. The lowest BCUT2D eigenvalue weighted by molar-refractivity contribution is -0.148. The van der Waals surface area contributed by atoms with Gasteiger partial charge in [-0.25, -0.2) is 23.1 Å². The third-order valence-electron chi connectivity index (χ3n) is 5.27. The van der Waals surface area contributed by atoms with Crippen molar-refractivity contribution in [2.24, 2.45) is 5.92 Å². The number of nitrogens with zero attached hydrogens (tertiary/aromatic N) is 2. The second kappa shape index (κ2) is 8.04. The van der Waals surface area contributed by atoms with E-state index in [1.165, 1.54) is 19.4 Å². The largest absolute Gasteiger partial charge is 0.466 e. The first-order valence-electron chi connectivity index (χ1n) is 9.74. The van der Waals surface area contributed by atoms with Crippen molar-refractivity contribution in [3.8, 4) is 0 Å². The number of aromatic amines is 1. The normalized spacial score (nSPS) is 16.3. The van der Waals surface area contributed by atoms with E-state index in [1.807, 2.05) is 0 Å². The number of sulfonamides is 1. The summed E-state index contributed by atoms with van der Waals surface area (Å²) in [6.45, 7) is 2.16. The summed E-state index contributed by atoms with van der Waals surface area (Å²) >= 11 is 0. The molecule has 2 heterocycles. The second-order valence-electron chi connectivity index (χ2n) is 7.08. The van der Waals surface area contributed by atoms with Crippen molar-refractivity contribution >= 4 is 38.5 Å². The number of anilines is 2. The Bertz CT molecular complexity index is 1210. The lowest BCUT2D eigenvalue weighted by Gasteiger charge is -2.21. The van der Waals surface area contributed by atoms with Gasteiger partial charge in [0.2, 0.25) is 10.0 Å². The number of esters is 1. The zero-order valence-electron chi connectivity index (χ0n) is 16.7. The van der Waals surface area contributed by atoms with Crippen molar-refractivity contribution < 1.29 is 17.9 Å². The van der Waals surface area contributed by atoms with Gasteiger partial charge in [-0.05, 0) is 57.0 Å². The fraction of sp³-hybridized carbons (Fsp3) is 0.350. The van der Waals surface area contributed by atoms with E-state index in [0.717, 1.165) is 29.5 Å². The van der Waals surface area contributed by atoms with Crippen LogP contribution in [-0.2, 0) is 32.4 Å². The highest BCUT2D eigenvalue weighted by atomic mass is 32.2. The van der Waals surface area contributed by atoms with Gasteiger partial charge in [-0.2, -0.15) is 0 Å². The van der Waals surface area contributed by atoms with Gasteiger partial charge >= 0.3 is 5.97 Å². The molecule has 2 aromatic heterocycles. The minimum absolute atomic E-state index is 0.152. The standard InChI is InChI=1S/C20H23N5O4S/c1-3-29-20(26)12-7-8-16-15(9-12)17-18(22-11-23-19(17)25-16)24-13-5-4-6-14(10-13)30(27,28)21-2/h4-6,10-12,21H,3,7-9H2,1-2H3,(H2,22,23,24,25). The van der Waals surface area contributed by atoms with E-state index in [9.17, 15) is 13.2 Å². The molecule has 3 aromatic rings. The Kier molecular flexibility index (Phi) is 5.44. The molecule has 0 amide bonds. The van der Waals surface area contributed by atoms with Crippen molar-refractivity contribution in [3.05, 3.63) is 41.9 Å². The van der Waals surface area contributed by atoms with Crippen LogP contribution in [0.4, 0.5) is 11.5 Å². The monoisotopic (exact) mass is 429 g/mol. The minimum Gasteiger partial charge on any atom is -0.466 e. The molecule has 1 aliphatic rings. The minimum atomic E-state index is -3.56. The van der Waals surface area contributed by atoms with Gasteiger partial charge in [0.25, 0.3) is 0 Å². The second-order valence-corrected chi connectivity index (χ2v) is 8.97. The van der Waals surface area contributed by atoms with Crippen molar-refractivity contribution in [2.45, 2.75) is 31.1 Å². The van der Waals surface area contributed by atoms with E-state index in [-0.39, 0.29) is 16.8 Å². The smallest absolute Gasteiger partial charge is 0.309 e. The highest BCUT2D eigenvalue weighted by Gasteiger charge is 2.29. The summed E-state index contributed by atoms with van der Waals surface area (Å²) in [7, 11) is -2.19. The van der Waals surface area contributed by atoms with E-state index >= 15 is 0 Å². The predicted octanol–water partition coefficient (Wildman–Crippen LogP) is 2.28. The van der Waals surface area contributed by atoms with Crippen molar-refractivity contribution in [3.63, 3.8) is 0 Å². The van der Waals surface area contributed by atoms with E-state index in [0.29, 0.717) is 30.2 Å². The molecular weight excluding hydrogens is 406 g/mol. The van der Waals surface area contributed by atoms with E-state index in [2.05, 4.69) is 25.0 Å². The number of benzene rings is 1. The van der Waals surface area contributed by atoms with Crippen LogP contribution in [-0.4, -0.2) is 43.0 Å². The van der Waals surface area contributed by atoms with Crippen LogP contribution in [0.5, 0.6) is 0 Å². The van der Waals surface area contributed by atoms with Crippen LogP contribution in [0.3, 0.4) is 0 Å². The van der Waals surface area contributed by atoms with Crippen LogP contribution in [0.1, 0.15) is 24.6 Å². The van der Waals surface area contributed by atoms with Gasteiger partial charge in [-0.1, -0.05) is 6.07 Å². The lowest BCUT2D eigenvalue weighted by atomic mass is 9.86. The average Bonchev–Trinajstić information content (AvgIpc) is 3.13. The van der Waals surface area contributed by atoms with Crippen LogP contribution in [0, 0.1) is 5.92 Å². The number of rotatable bonds is 6. The molecule has 3 N–H and O–H groups in total. The fourth-order valence-electron chi connectivity index (χ4n) is 3.79. The van der Waals surface area contributed by atoms with Crippen molar-refractivity contribution in [2.75, 3.05) is 19.0 Å². The lowest BCUT2D eigenvalue weighted by Crippen LogP contribution is -2.24. The summed E-state index contributed by atoms with van der Waals surface area (Å²) in [6.07, 6.45) is 3.44. The van der Waals surface area contributed by atoms with Crippen LogP contribution in [0.2, 0.25) is 0 Å². The Balaban J connectivity index is 1.71. The topological polar surface area (TPSA) is 126 Å². The molecule has 0 spiro atoms. The van der Waals surface area contributed by atoms with Crippen LogP contribution >= 0.6 is 0 Å². The molecule has 9 nitrogen and oxygen atoms in total. The van der Waals surface area contributed by atoms with Gasteiger partial charge in [0.05, 0.1) is 22.8 Å². The first-order chi connectivity index (χ1) is 14.4. The molecule has 1 atom stereocenters. The van der Waals surface area contributed by atoms with Gasteiger partial charge in [-0.3, -0.25) is 4.79 Å². The number of aromatic nitrogens is 3. The summed E-state index contributed by atoms with van der Waals surface area (Å²) in [5, 5.41) is 4.02. The Morgan fingerprint density at radius 3 is 2.93 bits per heavy atom. The number of fused-ring (bicyclic) bond motifs is 3. The average molecular weight is 430 g/mol. The van der Waals surface area contributed by atoms with E-state index in [4.69, 9.17) is 4.74 Å². The van der Waals surface area contributed by atoms with Crippen LogP contribution in [0.15, 0.2) is 35.5 Å². The molecule has 158 valence electrons. The first kappa shape index (κ1) is 20.3. The maximum atomic E-state index is 12.3. The van der Waals surface area contributed by atoms with Gasteiger partial charge in [0.15, 0.2) is 0 Å². The van der Waals surface area contributed by atoms with Gasteiger partial charge < -0.3 is 15.0 Å². The van der Waals surface area contributed by atoms with Crippen molar-refractivity contribution in [1.82, 2.24) is 19.7 Å². The molecule has 0 saturated carbocycles.